The van der Waals surface area contributed by atoms with Gasteiger partial charge in [0.1, 0.15) is 5.75 Å². The number of nitrogens with zero attached hydrogens (tertiary/aromatic N) is 4. The number of carbonyl (C=O) groups excluding carboxylic acids is 1. The lowest BCUT2D eigenvalue weighted by Gasteiger charge is -2.17. The molecule has 0 bridgehead atoms. The number of aromatic amines is 1. The Hall–Kier alpha value is -3.94. The lowest BCUT2D eigenvalue weighted by atomic mass is 10.0. The van der Waals surface area contributed by atoms with E-state index < -0.39 is 0 Å². The van der Waals surface area contributed by atoms with Gasteiger partial charge >= 0.3 is 0 Å². The summed E-state index contributed by atoms with van der Waals surface area (Å²) in [5.74, 6) is 1.66. The smallest absolute Gasteiger partial charge is 0.254 e. The second-order valence-electron chi connectivity index (χ2n) is 8.30. The fraction of sp³-hybridized carbons (Fsp3) is 0.280. The summed E-state index contributed by atoms with van der Waals surface area (Å²) in [5.41, 5.74) is 4.31. The SMILES string of the molecule is COc1cccc(C(=O)N2CC[C@@H](c3ccc4c(NCc5cccc(C)n5)n[nH]c4n3)C2)c1. The summed E-state index contributed by atoms with van der Waals surface area (Å²) >= 11 is 0. The molecule has 1 aliphatic rings. The molecule has 1 amide bonds. The molecule has 1 aliphatic heterocycles. The second kappa shape index (κ2) is 8.90. The molecule has 1 saturated heterocycles. The standard InChI is InChI=1S/C25H26N6O2/c1-16-5-3-7-19(27-16)14-26-23-21-9-10-22(28-24(21)30-29-23)18-11-12-31(15-18)25(32)17-6-4-8-20(13-17)33-2/h3-10,13,18H,11-12,14-15H2,1-2H3,(H2,26,28,29,30)/t18-/m1/s1. The number of pyridine rings is 2. The number of methoxy groups -OCH3 is 1. The first kappa shape index (κ1) is 20.9. The van der Waals surface area contributed by atoms with Gasteiger partial charge in [0.05, 0.1) is 24.7 Å². The van der Waals surface area contributed by atoms with E-state index in [4.69, 9.17) is 9.72 Å². The van der Waals surface area contributed by atoms with Crippen LogP contribution in [0.4, 0.5) is 5.82 Å². The predicted molar refractivity (Wildman–Crippen MR) is 126 cm³/mol. The van der Waals surface area contributed by atoms with Crippen LogP contribution < -0.4 is 10.1 Å². The van der Waals surface area contributed by atoms with Gasteiger partial charge in [-0.25, -0.2) is 4.98 Å². The fourth-order valence-electron chi connectivity index (χ4n) is 4.28. The Labute approximate surface area is 192 Å². The normalized spacial score (nSPS) is 15.7. The molecule has 4 heterocycles. The van der Waals surface area contributed by atoms with Crippen LogP contribution >= 0.6 is 0 Å². The van der Waals surface area contributed by atoms with Crippen molar-refractivity contribution in [3.8, 4) is 5.75 Å². The van der Waals surface area contributed by atoms with E-state index in [0.29, 0.717) is 30.9 Å². The molecular formula is C25H26N6O2. The highest BCUT2D eigenvalue weighted by molar-refractivity contribution is 5.95. The zero-order valence-corrected chi connectivity index (χ0v) is 18.7. The minimum atomic E-state index is 0.0234. The summed E-state index contributed by atoms with van der Waals surface area (Å²) < 4.78 is 5.25. The van der Waals surface area contributed by atoms with Crippen LogP contribution in [0, 0.1) is 6.92 Å². The molecule has 8 nitrogen and oxygen atoms in total. The number of amides is 1. The van der Waals surface area contributed by atoms with E-state index in [1.165, 1.54) is 0 Å². The third kappa shape index (κ3) is 4.37. The maximum absolute atomic E-state index is 12.9. The lowest BCUT2D eigenvalue weighted by molar-refractivity contribution is 0.0790. The van der Waals surface area contributed by atoms with Gasteiger partial charge in [0.15, 0.2) is 11.5 Å². The highest BCUT2D eigenvalue weighted by Crippen LogP contribution is 2.30. The topological polar surface area (TPSA) is 96.0 Å². The number of aryl methyl sites for hydroxylation is 1. The number of ether oxygens (including phenoxy) is 1. The predicted octanol–water partition coefficient (Wildman–Crippen LogP) is 3.91. The van der Waals surface area contributed by atoms with Gasteiger partial charge in [0, 0.05) is 36.0 Å². The third-order valence-electron chi connectivity index (χ3n) is 6.04. The van der Waals surface area contributed by atoms with Gasteiger partial charge in [-0.3, -0.25) is 14.9 Å². The number of rotatable bonds is 6. The van der Waals surface area contributed by atoms with Crippen molar-refractivity contribution < 1.29 is 9.53 Å². The van der Waals surface area contributed by atoms with E-state index in [1.807, 2.05) is 60.4 Å². The third-order valence-corrected chi connectivity index (χ3v) is 6.04. The first-order valence-corrected chi connectivity index (χ1v) is 11.1. The molecular weight excluding hydrogens is 416 g/mol. The Morgan fingerprint density at radius 3 is 2.91 bits per heavy atom. The zero-order valence-electron chi connectivity index (χ0n) is 18.7. The number of fused-ring (bicyclic) bond motifs is 1. The second-order valence-corrected chi connectivity index (χ2v) is 8.30. The molecule has 1 aromatic carbocycles. The van der Waals surface area contributed by atoms with Crippen LogP contribution in [0.15, 0.2) is 54.6 Å². The number of likely N-dealkylation sites (tertiary alicyclic amines) is 1. The van der Waals surface area contributed by atoms with Gasteiger partial charge in [0.25, 0.3) is 5.91 Å². The molecule has 2 N–H and O–H groups in total. The van der Waals surface area contributed by atoms with Crippen molar-refractivity contribution in [2.24, 2.45) is 0 Å². The van der Waals surface area contributed by atoms with Crippen molar-refractivity contribution in [1.82, 2.24) is 25.1 Å². The number of anilines is 1. The Kier molecular flexibility index (Phi) is 5.64. The Morgan fingerprint density at radius 1 is 1.18 bits per heavy atom. The van der Waals surface area contributed by atoms with Crippen molar-refractivity contribution in [2.45, 2.75) is 25.8 Å². The molecule has 0 radical (unpaired) electrons. The van der Waals surface area contributed by atoms with E-state index in [0.717, 1.165) is 40.4 Å². The average molecular weight is 443 g/mol. The molecule has 3 aromatic heterocycles. The van der Waals surface area contributed by atoms with Crippen LogP contribution in [-0.2, 0) is 6.54 Å². The van der Waals surface area contributed by atoms with E-state index in [9.17, 15) is 4.79 Å². The maximum Gasteiger partial charge on any atom is 0.254 e. The van der Waals surface area contributed by atoms with Crippen molar-refractivity contribution in [3.05, 3.63) is 77.2 Å². The molecule has 0 aliphatic carbocycles. The molecule has 5 rings (SSSR count). The van der Waals surface area contributed by atoms with Gasteiger partial charge < -0.3 is 15.0 Å². The number of aromatic nitrogens is 4. The van der Waals surface area contributed by atoms with E-state index >= 15 is 0 Å². The highest BCUT2D eigenvalue weighted by Gasteiger charge is 2.29. The quantitative estimate of drug-likeness (QED) is 0.470. The fourth-order valence-corrected chi connectivity index (χ4v) is 4.28. The van der Waals surface area contributed by atoms with Crippen LogP contribution in [0.5, 0.6) is 5.75 Å². The van der Waals surface area contributed by atoms with Crippen molar-refractivity contribution in [2.75, 3.05) is 25.5 Å². The number of H-pyrrole nitrogens is 1. The zero-order chi connectivity index (χ0) is 22.8. The first-order valence-electron chi connectivity index (χ1n) is 11.1. The van der Waals surface area contributed by atoms with Crippen molar-refractivity contribution >= 4 is 22.8 Å². The monoisotopic (exact) mass is 442 g/mol. The number of hydrogen-bond acceptors (Lipinski definition) is 6. The molecule has 0 saturated carbocycles. The minimum absolute atomic E-state index is 0.0234. The Bertz CT molecular complexity index is 1300. The highest BCUT2D eigenvalue weighted by atomic mass is 16.5. The van der Waals surface area contributed by atoms with Crippen LogP contribution in [0.25, 0.3) is 11.0 Å². The summed E-state index contributed by atoms with van der Waals surface area (Å²) in [4.78, 5) is 24.2. The van der Waals surface area contributed by atoms with Crippen LogP contribution in [0.2, 0.25) is 0 Å². The van der Waals surface area contributed by atoms with E-state index in [1.54, 1.807) is 13.2 Å². The largest absolute Gasteiger partial charge is 0.497 e. The molecule has 0 unspecified atom stereocenters. The van der Waals surface area contributed by atoms with Gasteiger partial charge in [-0.05, 0) is 55.8 Å². The van der Waals surface area contributed by atoms with Crippen LogP contribution in [0.1, 0.15) is 39.8 Å². The van der Waals surface area contributed by atoms with E-state index in [-0.39, 0.29) is 11.8 Å². The Morgan fingerprint density at radius 2 is 2.06 bits per heavy atom. The summed E-state index contributed by atoms with van der Waals surface area (Å²) in [6, 6.07) is 17.3. The molecule has 0 spiro atoms. The summed E-state index contributed by atoms with van der Waals surface area (Å²) in [6.45, 7) is 3.92. The number of carbonyl (C=O) groups is 1. The number of nitrogens with one attached hydrogen (secondary N) is 2. The minimum Gasteiger partial charge on any atom is -0.497 e. The molecule has 168 valence electrons. The summed E-state index contributed by atoms with van der Waals surface area (Å²) in [5, 5.41) is 11.7. The van der Waals surface area contributed by atoms with Crippen molar-refractivity contribution in [1.29, 1.82) is 0 Å². The molecule has 33 heavy (non-hydrogen) atoms. The van der Waals surface area contributed by atoms with Gasteiger partial charge in [-0.2, -0.15) is 5.10 Å². The number of benzene rings is 1. The summed E-state index contributed by atoms with van der Waals surface area (Å²) in [7, 11) is 1.60. The summed E-state index contributed by atoms with van der Waals surface area (Å²) in [6.07, 6.45) is 0.881. The van der Waals surface area contributed by atoms with Gasteiger partial charge in [0.2, 0.25) is 0 Å². The van der Waals surface area contributed by atoms with E-state index in [2.05, 4.69) is 20.5 Å². The van der Waals surface area contributed by atoms with Crippen LogP contribution in [-0.4, -0.2) is 51.2 Å². The first-order chi connectivity index (χ1) is 16.1. The maximum atomic E-state index is 12.9. The van der Waals surface area contributed by atoms with Gasteiger partial charge in [-0.1, -0.05) is 12.1 Å². The lowest BCUT2D eigenvalue weighted by Crippen LogP contribution is -2.28. The van der Waals surface area contributed by atoms with Gasteiger partial charge in [-0.15, -0.1) is 0 Å². The van der Waals surface area contributed by atoms with Crippen LogP contribution in [0.3, 0.4) is 0 Å². The molecule has 1 fully saturated rings. The Balaban J connectivity index is 1.27. The molecule has 4 aromatic rings. The average Bonchev–Trinajstić information content (AvgIpc) is 3.49. The molecule has 1 atom stereocenters. The number of hydrogen-bond donors (Lipinski definition) is 2. The van der Waals surface area contributed by atoms with Crippen molar-refractivity contribution in [3.63, 3.8) is 0 Å². The molecule has 8 heteroatoms.